The molecule has 0 saturated carbocycles. The van der Waals surface area contributed by atoms with Crippen molar-refractivity contribution < 1.29 is 8.42 Å². The fourth-order valence-electron chi connectivity index (χ4n) is 2.44. The highest BCUT2D eigenvalue weighted by atomic mass is 32.2. The van der Waals surface area contributed by atoms with E-state index in [9.17, 15) is 8.42 Å². The first-order valence-electron chi connectivity index (χ1n) is 6.53. The summed E-state index contributed by atoms with van der Waals surface area (Å²) in [6.45, 7) is 0.977. The zero-order valence-electron chi connectivity index (χ0n) is 11.0. The van der Waals surface area contributed by atoms with E-state index in [1.54, 1.807) is 17.2 Å². The maximum Gasteiger partial charge on any atom is 0.218 e. The molecule has 1 aromatic carbocycles. The van der Waals surface area contributed by atoms with Gasteiger partial charge in [0.25, 0.3) is 0 Å². The lowest BCUT2D eigenvalue weighted by molar-refractivity contribution is 0.402. The van der Waals surface area contributed by atoms with Gasteiger partial charge in [-0.05, 0) is 12.0 Å². The van der Waals surface area contributed by atoms with Gasteiger partial charge in [-0.25, -0.2) is 8.42 Å². The van der Waals surface area contributed by atoms with Crippen LogP contribution in [0, 0.1) is 0 Å². The number of aromatic nitrogens is 3. The number of hydrogen-bond acceptors (Lipinski definition) is 4. The molecule has 1 atom stereocenters. The van der Waals surface area contributed by atoms with Gasteiger partial charge in [-0.1, -0.05) is 30.3 Å². The third-order valence-electron chi connectivity index (χ3n) is 3.47. The van der Waals surface area contributed by atoms with Gasteiger partial charge in [0.1, 0.15) is 0 Å². The van der Waals surface area contributed by atoms with Gasteiger partial charge < -0.3 is 0 Å². The molecule has 0 spiro atoms. The predicted molar refractivity (Wildman–Crippen MR) is 74.3 cm³/mol. The molecular weight excluding hydrogens is 276 g/mol. The van der Waals surface area contributed by atoms with Crippen molar-refractivity contribution in [3.63, 3.8) is 0 Å². The molecule has 1 fully saturated rings. The van der Waals surface area contributed by atoms with Crippen LogP contribution in [0.25, 0.3) is 0 Å². The summed E-state index contributed by atoms with van der Waals surface area (Å²) < 4.78 is 26.3. The van der Waals surface area contributed by atoms with E-state index in [1.165, 1.54) is 4.31 Å². The Hall–Kier alpha value is -1.73. The standard InChI is InChI=1S/C13H16N4O2S/c18-20(19,11-12-4-2-1-3-5-12)16-9-6-13(10-16)17-14-7-8-15-17/h1-5,7-8,13H,6,9-11H2. The van der Waals surface area contributed by atoms with Gasteiger partial charge >= 0.3 is 0 Å². The fourth-order valence-corrected chi connectivity index (χ4v) is 4.02. The van der Waals surface area contributed by atoms with E-state index in [4.69, 9.17) is 0 Å². The molecule has 1 saturated heterocycles. The Morgan fingerprint density at radius 2 is 1.85 bits per heavy atom. The highest BCUT2D eigenvalue weighted by molar-refractivity contribution is 7.88. The molecule has 2 heterocycles. The van der Waals surface area contributed by atoms with Crippen molar-refractivity contribution in [3.8, 4) is 0 Å². The lowest BCUT2D eigenvalue weighted by Gasteiger charge is -2.16. The predicted octanol–water partition coefficient (Wildman–Crippen LogP) is 1.05. The van der Waals surface area contributed by atoms with Crippen molar-refractivity contribution in [2.24, 2.45) is 0 Å². The average molecular weight is 292 g/mol. The molecule has 1 aromatic heterocycles. The van der Waals surface area contributed by atoms with Gasteiger partial charge in [0, 0.05) is 13.1 Å². The normalized spacial score (nSPS) is 20.3. The Bertz CT molecular complexity index is 655. The van der Waals surface area contributed by atoms with E-state index in [2.05, 4.69) is 10.2 Å². The van der Waals surface area contributed by atoms with Crippen LogP contribution < -0.4 is 0 Å². The average Bonchev–Trinajstić information content (AvgIpc) is 3.11. The number of nitrogens with zero attached hydrogens (tertiary/aromatic N) is 4. The van der Waals surface area contributed by atoms with Gasteiger partial charge in [0.2, 0.25) is 10.0 Å². The van der Waals surface area contributed by atoms with Crippen molar-refractivity contribution in [1.29, 1.82) is 0 Å². The third kappa shape index (κ3) is 2.73. The number of hydrogen-bond donors (Lipinski definition) is 0. The second-order valence-electron chi connectivity index (χ2n) is 4.89. The zero-order chi connectivity index (χ0) is 14.0. The lowest BCUT2D eigenvalue weighted by atomic mass is 10.2. The Labute approximate surface area is 118 Å². The van der Waals surface area contributed by atoms with Crippen LogP contribution in [0.1, 0.15) is 18.0 Å². The Kier molecular flexibility index (Phi) is 3.54. The first kappa shape index (κ1) is 13.3. The second kappa shape index (κ2) is 5.34. The molecule has 20 heavy (non-hydrogen) atoms. The Morgan fingerprint density at radius 1 is 1.15 bits per heavy atom. The third-order valence-corrected chi connectivity index (χ3v) is 5.29. The fraction of sp³-hybridized carbons (Fsp3) is 0.385. The molecular formula is C13H16N4O2S. The maximum absolute atomic E-state index is 12.4. The summed E-state index contributed by atoms with van der Waals surface area (Å²) in [5.74, 6) is 0.0487. The van der Waals surface area contributed by atoms with Crippen molar-refractivity contribution in [2.75, 3.05) is 13.1 Å². The van der Waals surface area contributed by atoms with Crippen LogP contribution in [0.5, 0.6) is 0 Å². The lowest BCUT2D eigenvalue weighted by Crippen LogP contribution is -2.30. The molecule has 3 rings (SSSR count). The van der Waals surface area contributed by atoms with Crippen LogP contribution in [-0.2, 0) is 15.8 Å². The van der Waals surface area contributed by atoms with Gasteiger partial charge in [0.15, 0.2) is 0 Å². The van der Waals surface area contributed by atoms with E-state index in [1.807, 2.05) is 30.3 Å². The summed E-state index contributed by atoms with van der Waals surface area (Å²) in [6.07, 6.45) is 3.98. The molecule has 106 valence electrons. The minimum Gasteiger partial charge on any atom is -0.212 e. The summed E-state index contributed by atoms with van der Waals surface area (Å²) >= 11 is 0. The molecule has 0 radical (unpaired) electrons. The van der Waals surface area contributed by atoms with Crippen molar-refractivity contribution in [3.05, 3.63) is 48.3 Å². The van der Waals surface area contributed by atoms with E-state index >= 15 is 0 Å². The van der Waals surface area contributed by atoms with Crippen LogP contribution in [0.3, 0.4) is 0 Å². The Morgan fingerprint density at radius 3 is 2.55 bits per heavy atom. The summed E-state index contributed by atoms with van der Waals surface area (Å²) in [6, 6.07) is 9.29. The maximum atomic E-state index is 12.4. The molecule has 6 nitrogen and oxygen atoms in total. The molecule has 0 bridgehead atoms. The first-order chi connectivity index (χ1) is 9.65. The van der Waals surface area contributed by atoms with Crippen LogP contribution in [0.2, 0.25) is 0 Å². The topological polar surface area (TPSA) is 68.1 Å². The van der Waals surface area contributed by atoms with E-state index in [-0.39, 0.29) is 11.8 Å². The van der Waals surface area contributed by atoms with Crippen LogP contribution >= 0.6 is 0 Å². The highest BCUT2D eigenvalue weighted by Crippen LogP contribution is 2.24. The van der Waals surface area contributed by atoms with Crippen molar-refractivity contribution >= 4 is 10.0 Å². The smallest absolute Gasteiger partial charge is 0.212 e. The van der Waals surface area contributed by atoms with E-state index in [0.29, 0.717) is 13.1 Å². The monoisotopic (exact) mass is 292 g/mol. The molecule has 1 aliphatic rings. The molecule has 0 aliphatic carbocycles. The summed E-state index contributed by atoms with van der Waals surface area (Å²) in [7, 11) is -3.27. The van der Waals surface area contributed by atoms with Crippen molar-refractivity contribution in [1.82, 2.24) is 19.3 Å². The number of rotatable bonds is 4. The minimum absolute atomic E-state index is 0.0375. The largest absolute Gasteiger partial charge is 0.218 e. The molecule has 1 aliphatic heterocycles. The molecule has 0 amide bonds. The highest BCUT2D eigenvalue weighted by Gasteiger charge is 2.32. The molecule has 1 unspecified atom stereocenters. The van der Waals surface area contributed by atoms with Crippen LogP contribution in [0.4, 0.5) is 0 Å². The summed E-state index contributed by atoms with van der Waals surface area (Å²) in [5.41, 5.74) is 0.813. The van der Waals surface area contributed by atoms with Crippen LogP contribution in [0.15, 0.2) is 42.7 Å². The van der Waals surface area contributed by atoms with E-state index < -0.39 is 10.0 Å². The minimum atomic E-state index is -3.27. The number of sulfonamides is 1. The van der Waals surface area contributed by atoms with E-state index in [0.717, 1.165) is 12.0 Å². The Balaban J connectivity index is 1.70. The number of benzene rings is 1. The molecule has 0 N–H and O–H groups in total. The second-order valence-corrected chi connectivity index (χ2v) is 6.86. The SMILES string of the molecule is O=S(=O)(Cc1ccccc1)N1CCC(n2nccn2)C1. The van der Waals surface area contributed by atoms with Crippen LogP contribution in [-0.4, -0.2) is 40.8 Å². The van der Waals surface area contributed by atoms with Gasteiger partial charge in [-0.15, -0.1) is 0 Å². The van der Waals surface area contributed by atoms with Gasteiger partial charge in [-0.3, -0.25) is 0 Å². The summed E-state index contributed by atoms with van der Waals surface area (Å²) in [5, 5.41) is 8.17. The van der Waals surface area contributed by atoms with Gasteiger partial charge in [0.05, 0.1) is 24.2 Å². The zero-order valence-corrected chi connectivity index (χ0v) is 11.8. The molecule has 7 heteroatoms. The molecule has 2 aromatic rings. The van der Waals surface area contributed by atoms with Gasteiger partial charge in [-0.2, -0.15) is 19.3 Å². The first-order valence-corrected chi connectivity index (χ1v) is 8.13. The summed E-state index contributed by atoms with van der Waals surface area (Å²) in [4.78, 5) is 1.60. The van der Waals surface area contributed by atoms with Crippen molar-refractivity contribution in [2.45, 2.75) is 18.2 Å². The quantitative estimate of drug-likeness (QED) is 0.845.